The SMILES string of the molecule is CC1(C)CC(=O)c2sc(NC(=O)CC3COCCN3)nc2C1.Cl. The van der Waals surface area contributed by atoms with Gasteiger partial charge in [-0.05, 0) is 11.8 Å². The molecule has 1 amide bonds. The summed E-state index contributed by atoms with van der Waals surface area (Å²) >= 11 is 1.29. The lowest BCUT2D eigenvalue weighted by molar-refractivity contribution is -0.117. The van der Waals surface area contributed by atoms with Crippen LogP contribution in [0.5, 0.6) is 0 Å². The second kappa shape index (κ2) is 7.25. The first-order chi connectivity index (χ1) is 10.4. The topological polar surface area (TPSA) is 80.3 Å². The molecule has 1 aromatic heterocycles. The summed E-state index contributed by atoms with van der Waals surface area (Å²) in [6.07, 6.45) is 1.67. The van der Waals surface area contributed by atoms with Crippen molar-refractivity contribution in [2.24, 2.45) is 5.41 Å². The van der Waals surface area contributed by atoms with Gasteiger partial charge in [0.1, 0.15) is 0 Å². The van der Waals surface area contributed by atoms with E-state index in [1.165, 1.54) is 11.3 Å². The highest BCUT2D eigenvalue weighted by Gasteiger charge is 2.34. The maximum absolute atomic E-state index is 12.1. The highest BCUT2D eigenvalue weighted by molar-refractivity contribution is 7.17. The number of hydrogen-bond donors (Lipinski definition) is 2. The van der Waals surface area contributed by atoms with Gasteiger partial charge in [0.2, 0.25) is 5.91 Å². The molecular weight excluding hydrogens is 338 g/mol. The molecule has 23 heavy (non-hydrogen) atoms. The van der Waals surface area contributed by atoms with Crippen LogP contribution in [0, 0.1) is 5.41 Å². The number of ether oxygens (including phenoxy) is 1. The molecule has 1 atom stereocenters. The van der Waals surface area contributed by atoms with E-state index >= 15 is 0 Å². The average Bonchev–Trinajstić information content (AvgIpc) is 2.80. The number of anilines is 1. The number of thiazole rings is 1. The average molecular weight is 360 g/mol. The third kappa shape index (κ3) is 4.50. The van der Waals surface area contributed by atoms with Gasteiger partial charge in [-0.25, -0.2) is 4.98 Å². The molecule has 0 radical (unpaired) electrons. The molecule has 0 aromatic carbocycles. The Morgan fingerprint density at radius 3 is 2.96 bits per heavy atom. The van der Waals surface area contributed by atoms with Gasteiger partial charge in [-0.15, -0.1) is 12.4 Å². The Kier molecular flexibility index (Phi) is 5.78. The quantitative estimate of drug-likeness (QED) is 0.863. The van der Waals surface area contributed by atoms with Gasteiger partial charge in [-0.2, -0.15) is 0 Å². The van der Waals surface area contributed by atoms with Gasteiger partial charge in [-0.3, -0.25) is 9.59 Å². The number of nitrogens with one attached hydrogen (secondary N) is 2. The molecule has 0 bridgehead atoms. The molecule has 1 saturated heterocycles. The molecule has 1 unspecified atom stereocenters. The minimum Gasteiger partial charge on any atom is -0.378 e. The fourth-order valence-corrected chi connectivity index (χ4v) is 3.85. The molecule has 3 rings (SSSR count). The number of ketones is 1. The number of nitrogens with zero attached hydrogens (tertiary/aromatic N) is 1. The van der Waals surface area contributed by atoms with Gasteiger partial charge in [0.05, 0.1) is 23.8 Å². The van der Waals surface area contributed by atoms with Crippen LogP contribution in [0.2, 0.25) is 0 Å². The van der Waals surface area contributed by atoms with E-state index in [-0.39, 0.29) is 35.6 Å². The molecular formula is C15H22ClN3O3S. The molecule has 2 N–H and O–H groups in total. The number of carbonyl (C=O) groups excluding carboxylic acids is 2. The number of rotatable bonds is 3. The lowest BCUT2D eigenvalue weighted by Gasteiger charge is -2.26. The monoisotopic (exact) mass is 359 g/mol. The van der Waals surface area contributed by atoms with Gasteiger partial charge in [0.15, 0.2) is 10.9 Å². The minimum absolute atomic E-state index is 0. The van der Waals surface area contributed by atoms with Crippen molar-refractivity contribution in [3.63, 3.8) is 0 Å². The maximum Gasteiger partial charge on any atom is 0.227 e. The van der Waals surface area contributed by atoms with Crippen LogP contribution in [-0.2, 0) is 16.0 Å². The van der Waals surface area contributed by atoms with E-state index in [0.29, 0.717) is 36.1 Å². The van der Waals surface area contributed by atoms with Crippen molar-refractivity contribution in [3.8, 4) is 0 Å². The lowest BCUT2D eigenvalue weighted by Crippen LogP contribution is -2.43. The molecule has 2 heterocycles. The predicted octanol–water partition coefficient (Wildman–Crippen LogP) is 2.04. The van der Waals surface area contributed by atoms with Crippen LogP contribution in [0.4, 0.5) is 5.13 Å². The lowest BCUT2D eigenvalue weighted by atomic mass is 9.78. The zero-order chi connectivity index (χ0) is 15.7. The van der Waals surface area contributed by atoms with Crippen LogP contribution in [0.3, 0.4) is 0 Å². The number of carbonyl (C=O) groups is 2. The van der Waals surface area contributed by atoms with Gasteiger partial charge >= 0.3 is 0 Å². The van der Waals surface area contributed by atoms with Crippen LogP contribution in [-0.4, -0.2) is 42.5 Å². The van der Waals surface area contributed by atoms with Gasteiger partial charge in [0, 0.05) is 25.4 Å². The van der Waals surface area contributed by atoms with Gasteiger partial charge < -0.3 is 15.4 Å². The van der Waals surface area contributed by atoms with Crippen LogP contribution >= 0.6 is 23.7 Å². The fourth-order valence-electron chi connectivity index (χ4n) is 2.92. The first-order valence-corrected chi connectivity index (χ1v) is 8.38. The molecule has 0 saturated carbocycles. The number of aromatic nitrogens is 1. The Hall–Kier alpha value is -1.02. The highest BCUT2D eigenvalue weighted by Crippen LogP contribution is 2.38. The molecule has 128 valence electrons. The molecule has 2 aliphatic rings. The van der Waals surface area contributed by atoms with Crippen LogP contribution in [0.25, 0.3) is 0 Å². The molecule has 1 fully saturated rings. The number of hydrogen-bond acceptors (Lipinski definition) is 6. The summed E-state index contributed by atoms with van der Waals surface area (Å²) in [6, 6.07) is 0.0453. The number of halogens is 1. The van der Waals surface area contributed by atoms with E-state index in [1.54, 1.807) is 0 Å². The smallest absolute Gasteiger partial charge is 0.227 e. The Morgan fingerprint density at radius 1 is 1.48 bits per heavy atom. The second-order valence-electron chi connectivity index (χ2n) is 6.71. The van der Waals surface area contributed by atoms with E-state index in [1.807, 2.05) is 0 Å². The predicted molar refractivity (Wildman–Crippen MR) is 91.7 cm³/mol. The van der Waals surface area contributed by atoms with E-state index in [0.717, 1.165) is 18.7 Å². The summed E-state index contributed by atoms with van der Waals surface area (Å²) in [5.41, 5.74) is 0.767. The van der Waals surface area contributed by atoms with Crippen molar-refractivity contribution in [2.45, 2.75) is 39.2 Å². The van der Waals surface area contributed by atoms with Gasteiger partial charge in [-0.1, -0.05) is 25.2 Å². The zero-order valence-electron chi connectivity index (χ0n) is 13.3. The van der Waals surface area contributed by atoms with E-state index in [9.17, 15) is 9.59 Å². The third-order valence-electron chi connectivity index (χ3n) is 3.91. The molecule has 1 aliphatic heterocycles. The molecule has 8 heteroatoms. The first kappa shape index (κ1) is 18.3. The minimum atomic E-state index is -0.0965. The molecule has 1 aromatic rings. The van der Waals surface area contributed by atoms with Crippen molar-refractivity contribution in [1.82, 2.24) is 10.3 Å². The van der Waals surface area contributed by atoms with Crippen molar-refractivity contribution >= 4 is 40.6 Å². The molecule has 6 nitrogen and oxygen atoms in total. The van der Waals surface area contributed by atoms with Crippen molar-refractivity contribution in [3.05, 3.63) is 10.6 Å². The zero-order valence-corrected chi connectivity index (χ0v) is 14.9. The van der Waals surface area contributed by atoms with E-state index in [4.69, 9.17) is 4.74 Å². The van der Waals surface area contributed by atoms with Crippen molar-refractivity contribution < 1.29 is 14.3 Å². The first-order valence-electron chi connectivity index (χ1n) is 7.57. The second-order valence-corrected chi connectivity index (χ2v) is 7.71. The van der Waals surface area contributed by atoms with Crippen LogP contribution in [0.1, 0.15) is 42.1 Å². The fraction of sp³-hybridized carbons (Fsp3) is 0.667. The summed E-state index contributed by atoms with van der Waals surface area (Å²) in [5.74, 6) is 0.0346. The summed E-state index contributed by atoms with van der Waals surface area (Å²) in [7, 11) is 0. The van der Waals surface area contributed by atoms with Crippen LogP contribution < -0.4 is 10.6 Å². The van der Waals surface area contributed by atoms with Crippen molar-refractivity contribution in [2.75, 3.05) is 25.1 Å². The maximum atomic E-state index is 12.1. The van der Waals surface area contributed by atoms with Crippen molar-refractivity contribution in [1.29, 1.82) is 0 Å². The van der Waals surface area contributed by atoms with E-state index in [2.05, 4.69) is 29.5 Å². The third-order valence-corrected chi connectivity index (χ3v) is 4.97. The normalized spacial score (nSPS) is 22.9. The number of Topliss-reactive ketones (excluding diaryl/α,β-unsaturated/α-hetero) is 1. The highest BCUT2D eigenvalue weighted by atomic mass is 35.5. The molecule has 1 aliphatic carbocycles. The Bertz CT molecular complexity index is 597. The Labute approximate surface area is 145 Å². The summed E-state index contributed by atoms with van der Waals surface area (Å²) in [6.45, 7) is 6.15. The number of amides is 1. The number of fused-ring (bicyclic) bond motifs is 1. The van der Waals surface area contributed by atoms with E-state index < -0.39 is 0 Å². The Morgan fingerprint density at radius 2 is 2.26 bits per heavy atom. The summed E-state index contributed by atoms with van der Waals surface area (Å²) < 4.78 is 5.34. The van der Waals surface area contributed by atoms with Gasteiger partial charge in [0.25, 0.3) is 0 Å². The summed E-state index contributed by atoms with van der Waals surface area (Å²) in [4.78, 5) is 29.4. The number of morpholine rings is 1. The standard InChI is InChI=1S/C15H21N3O3S.ClH/c1-15(2)6-10-13(11(19)7-15)22-14(17-10)18-12(20)5-9-8-21-4-3-16-9;/h9,16H,3-8H2,1-2H3,(H,17,18,20);1H. The summed E-state index contributed by atoms with van der Waals surface area (Å²) in [5, 5.41) is 6.59. The van der Waals surface area contributed by atoms with Crippen LogP contribution in [0.15, 0.2) is 0 Å². The Balaban J connectivity index is 0.00000192. The largest absolute Gasteiger partial charge is 0.378 e. The molecule has 0 spiro atoms.